The number of benzene rings is 1. The smallest absolute Gasteiger partial charge is 0.124 e. The molecule has 0 spiro atoms. The molecule has 1 heterocycles. The second-order valence-electron chi connectivity index (χ2n) is 5.11. The Balaban J connectivity index is 2.24. The molecular formula is C13H16N2OS. The molecule has 0 bridgehead atoms. The lowest BCUT2D eigenvalue weighted by Crippen LogP contribution is -2.11. The first kappa shape index (κ1) is 12.2. The number of aromatic nitrogens is 2. The van der Waals surface area contributed by atoms with Gasteiger partial charge in [0, 0.05) is 0 Å². The summed E-state index contributed by atoms with van der Waals surface area (Å²) in [5, 5.41) is 10.1. The average Bonchev–Trinajstić information content (AvgIpc) is 2.80. The Hall–Kier alpha value is -1.26. The minimum absolute atomic E-state index is 0.131. The molecule has 0 radical (unpaired) electrons. The van der Waals surface area contributed by atoms with Crippen molar-refractivity contribution in [1.29, 1.82) is 0 Å². The van der Waals surface area contributed by atoms with Gasteiger partial charge < -0.3 is 5.11 Å². The van der Waals surface area contributed by atoms with Crippen LogP contribution in [0.15, 0.2) is 30.5 Å². The number of aliphatic hydroxyl groups is 1. The molecular weight excluding hydrogens is 232 g/mol. The molecule has 1 aromatic carbocycles. The highest BCUT2D eigenvalue weighted by molar-refractivity contribution is 6.99. The summed E-state index contributed by atoms with van der Waals surface area (Å²) in [5.74, 6) is 0. The lowest BCUT2D eigenvalue weighted by molar-refractivity contribution is 0.216. The molecule has 0 saturated heterocycles. The quantitative estimate of drug-likeness (QED) is 0.888. The van der Waals surface area contributed by atoms with Gasteiger partial charge in [0.15, 0.2) is 0 Å². The van der Waals surface area contributed by atoms with Crippen molar-refractivity contribution in [2.45, 2.75) is 32.3 Å². The largest absolute Gasteiger partial charge is 0.382 e. The Labute approximate surface area is 105 Å². The van der Waals surface area contributed by atoms with E-state index in [1.165, 1.54) is 5.56 Å². The van der Waals surface area contributed by atoms with Crippen LogP contribution in [0.25, 0.3) is 0 Å². The Kier molecular flexibility index (Phi) is 3.26. The number of aliphatic hydroxyl groups excluding tert-OH is 1. The fraction of sp³-hybridized carbons (Fsp3) is 0.385. The standard InChI is InChI=1S/C13H16N2OS/c1-13(2,3)10-6-4-9(5-7-10)12(16)11-8-14-17-15-11/h4-8,12,16H,1-3H3. The molecule has 0 fully saturated rings. The third-order valence-corrected chi connectivity index (χ3v) is 3.24. The first-order chi connectivity index (χ1) is 7.98. The van der Waals surface area contributed by atoms with Crippen molar-refractivity contribution in [2.75, 3.05) is 0 Å². The fourth-order valence-corrected chi connectivity index (χ4v) is 2.07. The van der Waals surface area contributed by atoms with Gasteiger partial charge in [-0.2, -0.15) is 8.75 Å². The summed E-state index contributed by atoms with van der Waals surface area (Å²) in [5.41, 5.74) is 2.85. The van der Waals surface area contributed by atoms with E-state index in [2.05, 4.69) is 41.7 Å². The number of nitrogens with zero attached hydrogens (tertiary/aromatic N) is 2. The zero-order valence-corrected chi connectivity index (χ0v) is 11.0. The highest BCUT2D eigenvalue weighted by Gasteiger charge is 2.16. The number of rotatable bonds is 2. The van der Waals surface area contributed by atoms with Gasteiger partial charge in [0.05, 0.1) is 17.9 Å². The second-order valence-corrected chi connectivity index (χ2v) is 5.66. The van der Waals surface area contributed by atoms with Crippen molar-refractivity contribution >= 4 is 11.7 Å². The van der Waals surface area contributed by atoms with E-state index in [1.807, 2.05) is 12.1 Å². The van der Waals surface area contributed by atoms with E-state index in [9.17, 15) is 5.11 Å². The van der Waals surface area contributed by atoms with Crippen LogP contribution in [0.1, 0.15) is 43.7 Å². The summed E-state index contributed by atoms with van der Waals surface area (Å²) in [6.07, 6.45) is 0.926. The van der Waals surface area contributed by atoms with Gasteiger partial charge in [-0.05, 0) is 16.5 Å². The van der Waals surface area contributed by atoms with Crippen LogP contribution in [-0.2, 0) is 5.41 Å². The first-order valence-corrected chi connectivity index (χ1v) is 6.27. The van der Waals surface area contributed by atoms with Crippen molar-refractivity contribution in [3.63, 3.8) is 0 Å². The summed E-state index contributed by atoms with van der Waals surface area (Å²) >= 11 is 1.11. The van der Waals surface area contributed by atoms with E-state index in [0.29, 0.717) is 5.69 Å². The predicted octanol–water partition coefficient (Wildman–Crippen LogP) is 2.92. The molecule has 1 atom stereocenters. The van der Waals surface area contributed by atoms with Gasteiger partial charge in [-0.15, -0.1) is 0 Å². The zero-order valence-electron chi connectivity index (χ0n) is 10.2. The lowest BCUT2D eigenvalue weighted by Gasteiger charge is -2.19. The third-order valence-electron chi connectivity index (χ3n) is 2.75. The van der Waals surface area contributed by atoms with E-state index in [1.54, 1.807) is 6.20 Å². The summed E-state index contributed by atoms with van der Waals surface area (Å²) in [6, 6.07) is 8.01. The van der Waals surface area contributed by atoms with E-state index < -0.39 is 6.10 Å². The molecule has 1 N–H and O–H groups in total. The van der Waals surface area contributed by atoms with Gasteiger partial charge in [-0.25, -0.2) is 0 Å². The van der Waals surface area contributed by atoms with Crippen molar-refractivity contribution in [2.24, 2.45) is 0 Å². The van der Waals surface area contributed by atoms with Crippen molar-refractivity contribution in [1.82, 2.24) is 8.75 Å². The Bertz CT molecular complexity index is 471. The van der Waals surface area contributed by atoms with Crippen molar-refractivity contribution < 1.29 is 5.11 Å². The van der Waals surface area contributed by atoms with Gasteiger partial charge in [-0.3, -0.25) is 0 Å². The zero-order chi connectivity index (χ0) is 12.5. The van der Waals surface area contributed by atoms with Gasteiger partial charge in [-0.1, -0.05) is 45.0 Å². The molecule has 0 saturated carbocycles. The Morgan fingerprint density at radius 2 is 1.82 bits per heavy atom. The average molecular weight is 248 g/mol. The van der Waals surface area contributed by atoms with Crippen molar-refractivity contribution in [3.05, 3.63) is 47.3 Å². The number of hydrogen-bond acceptors (Lipinski definition) is 4. The molecule has 0 aliphatic heterocycles. The van der Waals surface area contributed by atoms with Gasteiger partial charge in [0.25, 0.3) is 0 Å². The lowest BCUT2D eigenvalue weighted by atomic mass is 9.86. The van der Waals surface area contributed by atoms with Crippen LogP contribution in [0, 0.1) is 0 Å². The highest BCUT2D eigenvalue weighted by Crippen LogP contribution is 2.25. The van der Waals surface area contributed by atoms with Crippen LogP contribution in [0.2, 0.25) is 0 Å². The normalized spacial score (nSPS) is 13.6. The van der Waals surface area contributed by atoms with E-state index in [0.717, 1.165) is 17.3 Å². The minimum Gasteiger partial charge on any atom is -0.382 e. The minimum atomic E-state index is -0.678. The second kappa shape index (κ2) is 4.55. The maximum atomic E-state index is 10.1. The van der Waals surface area contributed by atoms with Crippen LogP contribution < -0.4 is 0 Å². The van der Waals surface area contributed by atoms with Crippen LogP contribution in [-0.4, -0.2) is 13.9 Å². The first-order valence-electron chi connectivity index (χ1n) is 5.54. The molecule has 0 aliphatic carbocycles. The molecule has 17 heavy (non-hydrogen) atoms. The predicted molar refractivity (Wildman–Crippen MR) is 69.1 cm³/mol. The van der Waals surface area contributed by atoms with Crippen molar-refractivity contribution in [3.8, 4) is 0 Å². The summed E-state index contributed by atoms with van der Waals surface area (Å²) in [6.45, 7) is 6.51. The molecule has 1 aromatic heterocycles. The molecule has 3 nitrogen and oxygen atoms in total. The summed E-state index contributed by atoms with van der Waals surface area (Å²) < 4.78 is 7.94. The summed E-state index contributed by atoms with van der Waals surface area (Å²) in [4.78, 5) is 0. The SMILES string of the molecule is CC(C)(C)c1ccc(C(O)c2cnsn2)cc1. The maximum Gasteiger partial charge on any atom is 0.124 e. The van der Waals surface area contributed by atoms with Crippen LogP contribution in [0.3, 0.4) is 0 Å². The van der Waals surface area contributed by atoms with E-state index in [4.69, 9.17) is 0 Å². The Morgan fingerprint density at radius 3 is 2.29 bits per heavy atom. The fourth-order valence-electron chi connectivity index (χ4n) is 1.63. The van der Waals surface area contributed by atoms with Crippen LogP contribution >= 0.6 is 11.7 Å². The van der Waals surface area contributed by atoms with Crippen LogP contribution in [0.5, 0.6) is 0 Å². The molecule has 90 valence electrons. The van der Waals surface area contributed by atoms with Gasteiger partial charge >= 0.3 is 0 Å². The maximum absolute atomic E-state index is 10.1. The van der Waals surface area contributed by atoms with E-state index in [-0.39, 0.29) is 5.41 Å². The molecule has 2 aromatic rings. The molecule has 0 aliphatic rings. The molecule has 1 unspecified atom stereocenters. The molecule has 4 heteroatoms. The van der Waals surface area contributed by atoms with Gasteiger partial charge in [0.1, 0.15) is 11.8 Å². The molecule has 2 rings (SSSR count). The van der Waals surface area contributed by atoms with E-state index >= 15 is 0 Å². The molecule has 0 amide bonds. The topological polar surface area (TPSA) is 46.0 Å². The summed E-state index contributed by atoms with van der Waals surface area (Å²) in [7, 11) is 0. The highest BCUT2D eigenvalue weighted by atomic mass is 32.1. The number of hydrogen-bond donors (Lipinski definition) is 1. The monoisotopic (exact) mass is 248 g/mol. The van der Waals surface area contributed by atoms with Gasteiger partial charge in [0.2, 0.25) is 0 Å². The third kappa shape index (κ3) is 2.70. The van der Waals surface area contributed by atoms with Crippen LogP contribution in [0.4, 0.5) is 0 Å². The Morgan fingerprint density at radius 1 is 1.18 bits per heavy atom.